The molecule has 0 fully saturated rings. The van der Waals surface area contributed by atoms with Crippen molar-refractivity contribution in [3.63, 3.8) is 0 Å². The lowest BCUT2D eigenvalue weighted by atomic mass is 10.0. The van der Waals surface area contributed by atoms with Crippen LogP contribution >= 0.6 is 0 Å². The quantitative estimate of drug-likeness (QED) is 0.183. The Morgan fingerprint density at radius 3 is 1.45 bits per heavy atom. The highest BCUT2D eigenvalue weighted by atomic mass is 15.0. The van der Waals surface area contributed by atoms with Crippen LogP contribution in [0, 0.1) is 11.3 Å². The molecule has 4 nitrogen and oxygen atoms in total. The molecular formula is C49H30N4. The number of aromatic nitrogens is 3. The van der Waals surface area contributed by atoms with Crippen molar-refractivity contribution in [1.29, 1.82) is 5.26 Å². The Morgan fingerprint density at radius 1 is 0.340 bits per heavy atom. The third kappa shape index (κ3) is 4.29. The van der Waals surface area contributed by atoms with Gasteiger partial charge in [-0.05, 0) is 84.4 Å². The van der Waals surface area contributed by atoms with E-state index >= 15 is 0 Å². The molecule has 0 amide bonds. The molecule has 53 heavy (non-hydrogen) atoms. The van der Waals surface area contributed by atoms with Gasteiger partial charge in [-0.1, -0.05) is 103 Å². The lowest BCUT2D eigenvalue weighted by Crippen LogP contribution is -1.98. The first-order chi connectivity index (χ1) is 26.3. The number of fused-ring (bicyclic) bond motifs is 9. The van der Waals surface area contributed by atoms with Crippen LogP contribution in [0.5, 0.6) is 0 Å². The van der Waals surface area contributed by atoms with E-state index in [-0.39, 0.29) is 0 Å². The molecule has 0 radical (unpaired) electrons. The van der Waals surface area contributed by atoms with Crippen molar-refractivity contribution < 1.29 is 0 Å². The number of benzene rings is 8. The largest absolute Gasteiger partial charge is 0.309 e. The molecule has 246 valence electrons. The standard InChI is InChI=1S/C49H30N4/c50-31-32-24-26-49-41(28-32)39-17-5-10-23-47(39)53(49)43-19-6-1-14-36(43)33-12-11-13-34(29-33)51-46-22-9-4-18-40(46)42-30-35(25-27-48(42)51)52-44-20-7-2-15-37(44)38-16-3-8-21-45(38)52/h1-30H. The second-order valence-electron chi connectivity index (χ2n) is 13.7. The molecule has 0 aliphatic carbocycles. The van der Waals surface area contributed by atoms with E-state index in [0.717, 1.165) is 55.5 Å². The zero-order chi connectivity index (χ0) is 35.0. The highest BCUT2D eigenvalue weighted by Crippen LogP contribution is 2.40. The molecule has 0 spiro atoms. The first-order valence-electron chi connectivity index (χ1n) is 17.9. The van der Waals surface area contributed by atoms with Gasteiger partial charge in [0.05, 0.1) is 50.4 Å². The molecule has 8 aromatic carbocycles. The average Bonchev–Trinajstić information content (AvgIpc) is 3.86. The third-order valence-electron chi connectivity index (χ3n) is 10.9. The molecule has 3 aromatic heterocycles. The van der Waals surface area contributed by atoms with E-state index in [1.807, 2.05) is 12.1 Å². The van der Waals surface area contributed by atoms with Crippen LogP contribution in [0.4, 0.5) is 0 Å². The Labute approximate surface area is 305 Å². The fourth-order valence-electron chi connectivity index (χ4n) is 8.61. The maximum Gasteiger partial charge on any atom is 0.0991 e. The van der Waals surface area contributed by atoms with Gasteiger partial charge < -0.3 is 13.7 Å². The van der Waals surface area contributed by atoms with Gasteiger partial charge in [-0.2, -0.15) is 5.26 Å². The van der Waals surface area contributed by atoms with Crippen LogP contribution in [0.2, 0.25) is 0 Å². The van der Waals surface area contributed by atoms with Gasteiger partial charge in [0, 0.05) is 49.3 Å². The summed E-state index contributed by atoms with van der Waals surface area (Å²) in [5, 5.41) is 16.9. The number of nitriles is 1. The smallest absolute Gasteiger partial charge is 0.0991 e. The van der Waals surface area contributed by atoms with Crippen LogP contribution in [0.3, 0.4) is 0 Å². The van der Waals surface area contributed by atoms with E-state index in [1.165, 1.54) is 38.1 Å². The van der Waals surface area contributed by atoms with E-state index < -0.39 is 0 Å². The summed E-state index contributed by atoms with van der Waals surface area (Å²) < 4.78 is 7.13. The summed E-state index contributed by atoms with van der Waals surface area (Å²) in [5.41, 5.74) is 13.2. The summed E-state index contributed by atoms with van der Waals surface area (Å²) in [6, 6.07) is 67.3. The van der Waals surface area contributed by atoms with Crippen LogP contribution in [-0.4, -0.2) is 13.7 Å². The van der Waals surface area contributed by atoms with Gasteiger partial charge in [-0.25, -0.2) is 0 Å². The maximum absolute atomic E-state index is 9.70. The maximum atomic E-state index is 9.70. The van der Waals surface area contributed by atoms with E-state index in [9.17, 15) is 5.26 Å². The molecule has 0 bridgehead atoms. The number of rotatable bonds is 4. The van der Waals surface area contributed by atoms with Crippen molar-refractivity contribution in [2.45, 2.75) is 0 Å². The monoisotopic (exact) mass is 674 g/mol. The minimum Gasteiger partial charge on any atom is -0.309 e. The van der Waals surface area contributed by atoms with Gasteiger partial charge in [0.25, 0.3) is 0 Å². The lowest BCUT2D eigenvalue weighted by molar-refractivity contribution is 1.16. The van der Waals surface area contributed by atoms with Crippen molar-refractivity contribution in [2.24, 2.45) is 0 Å². The van der Waals surface area contributed by atoms with Gasteiger partial charge in [-0.3, -0.25) is 0 Å². The van der Waals surface area contributed by atoms with Crippen LogP contribution in [-0.2, 0) is 0 Å². The Kier molecular flexibility index (Phi) is 6.28. The molecule has 0 saturated carbocycles. The second kappa shape index (κ2) is 11.3. The summed E-state index contributed by atoms with van der Waals surface area (Å²) in [5.74, 6) is 0. The van der Waals surface area contributed by atoms with Crippen LogP contribution in [0.1, 0.15) is 5.56 Å². The molecule has 11 rings (SSSR count). The van der Waals surface area contributed by atoms with E-state index in [0.29, 0.717) is 5.56 Å². The number of hydrogen-bond acceptors (Lipinski definition) is 1. The van der Waals surface area contributed by atoms with Gasteiger partial charge in [0.2, 0.25) is 0 Å². The van der Waals surface area contributed by atoms with Crippen LogP contribution in [0.25, 0.3) is 93.6 Å². The van der Waals surface area contributed by atoms with E-state index in [2.05, 4.69) is 190 Å². The fraction of sp³-hybridized carbons (Fsp3) is 0. The molecule has 3 heterocycles. The summed E-state index contributed by atoms with van der Waals surface area (Å²) >= 11 is 0. The zero-order valence-electron chi connectivity index (χ0n) is 28.6. The first-order valence-corrected chi connectivity index (χ1v) is 17.9. The Balaban J connectivity index is 1.11. The van der Waals surface area contributed by atoms with Crippen molar-refractivity contribution in [2.75, 3.05) is 0 Å². The normalized spacial score (nSPS) is 11.8. The molecule has 4 heteroatoms. The first kappa shape index (κ1) is 29.4. The highest BCUT2D eigenvalue weighted by molar-refractivity contribution is 6.13. The molecule has 0 aliphatic rings. The molecule has 0 atom stereocenters. The van der Waals surface area contributed by atoms with Gasteiger partial charge in [-0.15, -0.1) is 0 Å². The third-order valence-corrected chi connectivity index (χ3v) is 10.9. The number of nitrogens with zero attached hydrogens (tertiary/aromatic N) is 4. The van der Waals surface area contributed by atoms with E-state index in [4.69, 9.17) is 0 Å². The summed E-state index contributed by atoms with van der Waals surface area (Å²) in [4.78, 5) is 0. The van der Waals surface area contributed by atoms with Crippen molar-refractivity contribution in [1.82, 2.24) is 13.7 Å². The molecular weight excluding hydrogens is 645 g/mol. The van der Waals surface area contributed by atoms with Gasteiger partial charge in [0.1, 0.15) is 0 Å². The van der Waals surface area contributed by atoms with Gasteiger partial charge in [0.15, 0.2) is 0 Å². The SMILES string of the molecule is N#Cc1ccc2c(c1)c1ccccc1n2-c1ccccc1-c1cccc(-n2c3ccccc3c3cc(-n4c5ccccc5c5ccccc54)ccc32)c1. The molecule has 0 aliphatic heterocycles. The molecule has 0 saturated heterocycles. The van der Waals surface area contributed by atoms with Crippen molar-refractivity contribution in [3.05, 3.63) is 188 Å². The summed E-state index contributed by atoms with van der Waals surface area (Å²) in [6.07, 6.45) is 0. The van der Waals surface area contributed by atoms with Crippen molar-refractivity contribution >= 4 is 65.4 Å². The summed E-state index contributed by atoms with van der Waals surface area (Å²) in [6.45, 7) is 0. The Hall–Kier alpha value is -7.35. The van der Waals surface area contributed by atoms with E-state index in [1.54, 1.807) is 0 Å². The minimum absolute atomic E-state index is 0.662. The minimum atomic E-state index is 0.662. The van der Waals surface area contributed by atoms with Gasteiger partial charge >= 0.3 is 0 Å². The van der Waals surface area contributed by atoms with Crippen LogP contribution in [0.15, 0.2) is 182 Å². The Bertz CT molecular complexity index is 3260. The molecule has 0 N–H and O–H groups in total. The predicted octanol–water partition coefficient (Wildman–Crippen LogP) is 12.5. The molecule has 11 aromatic rings. The summed E-state index contributed by atoms with van der Waals surface area (Å²) in [7, 11) is 0. The lowest BCUT2D eigenvalue weighted by Gasteiger charge is -2.16. The molecule has 0 unspecified atom stereocenters. The highest BCUT2D eigenvalue weighted by Gasteiger charge is 2.19. The zero-order valence-corrected chi connectivity index (χ0v) is 28.6. The number of para-hydroxylation sites is 5. The van der Waals surface area contributed by atoms with Crippen molar-refractivity contribution in [3.8, 4) is 34.3 Å². The predicted molar refractivity (Wildman–Crippen MR) is 220 cm³/mol. The Morgan fingerprint density at radius 2 is 0.811 bits per heavy atom. The van der Waals surface area contributed by atoms with Crippen LogP contribution < -0.4 is 0 Å². The second-order valence-corrected chi connectivity index (χ2v) is 13.7. The topological polar surface area (TPSA) is 38.6 Å². The fourth-order valence-corrected chi connectivity index (χ4v) is 8.61. The average molecular weight is 675 g/mol. The number of hydrogen-bond donors (Lipinski definition) is 0.